The molecule has 21 heavy (non-hydrogen) atoms. The average molecular weight is 296 g/mol. The third-order valence-corrected chi connectivity index (χ3v) is 4.22. The third-order valence-electron chi connectivity index (χ3n) is 3.42. The maximum absolute atomic E-state index is 6.00. The SMILES string of the molecule is CSc1ccccc1-c1noc(N)c1-c1ccc(C)cc1. The summed E-state index contributed by atoms with van der Waals surface area (Å²) in [6.45, 7) is 2.06. The summed E-state index contributed by atoms with van der Waals surface area (Å²) >= 11 is 1.68. The van der Waals surface area contributed by atoms with Gasteiger partial charge in [0.15, 0.2) is 0 Å². The molecule has 0 aliphatic rings. The average Bonchev–Trinajstić information content (AvgIpc) is 2.90. The van der Waals surface area contributed by atoms with Crippen LogP contribution in [-0.2, 0) is 0 Å². The molecule has 106 valence electrons. The van der Waals surface area contributed by atoms with Gasteiger partial charge in [0.2, 0.25) is 5.88 Å². The van der Waals surface area contributed by atoms with E-state index < -0.39 is 0 Å². The molecule has 0 amide bonds. The first-order chi connectivity index (χ1) is 10.2. The minimum atomic E-state index is 0.352. The highest BCUT2D eigenvalue weighted by atomic mass is 32.2. The summed E-state index contributed by atoms with van der Waals surface area (Å²) < 4.78 is 5.25. The fourth-order valence-corrected chi connectivity index (χ4v) is 2.93. The number of thioether (sulfide) groups is 1. The standard InChI is InChI=1S/C17H16N2OS/c1-11-7-9-12(10-8-11)15-16(19-20-17(15)18)13-5-3-4-6-14(13)21-2/h3-10H,18H2,1-2H3. The van der Waals surface area contributed by atoms with Crippen LogP contribution in [0.25, 0.3) is 22.4 Å². The molecule has 2 N–H and O–H groups in total. The molecule has 4 heteroatoms. The van der Waals surface area contributed by atoms with E-state index in [1.165, 1.54) is 5.56 Å². The second kappa shape index (κ2) is 5.66. The van der Waals surface area contributed by atoms with Crippen molar-refractivity contribution in [2.45, 2.75) is 11.8 Å². The molecule has 3 aromatic rings. The molecule has 0 bridgehead atoms. The predicted molar refractivity (Wildman–Crippen MR) is 88.3 cm³/mol. The van der Waals surface area contributed by atoms with E-state index in [0.717, 1.165) is 27.3 Å². The molecule has 2 aromatic carbocycles. The highest BCUT2D eigenvalue weighted by Crippen LogP contribution is 2.39. The van der Waals surface area contributed by atoms with Crippen LogP contribution in [0.5, 0.6) is 0 Å². The summed E-state index contributed by atoms with van der Waals surface area (Å²) in [5.74, 6) is 0.352. The van der Waals surface area contributed by atoms with E-state index in [9.17, 15) is 0 Å². The Labute approximate surface area is 128 Å². The lowest BCUT2D eigenvalue weighted by Gasteiger charge is -2.07. The van der Waals surface area contributed by atoms with Crippen LogP contribution in [0.2, 0.25) is 0 Å². The van der Waals surface area contributed by atoms with Gasteiger partial charge in [0.05, 0.1) is 5.56 Å². The lowest BCUT2D eigenvalue weighted by atomic mass is 10.00. The minimum Gasteiger partial charge on any atom is -0.367 e. The van der Waals surface area contributed by atoms with Gasteiger partial charge in [-0.25, -0.2) is 0 Å². The number of nitrogens with two attached hydrogens (primary N) is 1. The number of nitrogen functional groups attached to an aromatic ring is 1. The van der Waals surface area contributed by atoms with Crippen molar-refractivity contribution >= 4 is 17.6 Å². The topological polar surface area (TPSA) is 52.0 Å². The predicted octanol–water partition coefficient (Wildman–Crippen LogP) is 4.62. The normalized spacial score (nSPS) is 10.8. The molecule has 0 fully saturated rings. The van der Waals surface area contributed by atoms with Crippen molar-refractivity contribution in [2.24, 2.45) is 0 Å². The zero-order chi connectivity index (χ0) is 14.8. The highest BCUT2D eigenvalue weighted by Gasteiger charge is 2.19. The molecule has 3 nitrogen and oxygen atoms in total. The molecule has 0 aliphatic carbocycles. The first-order valence-electron chi connectivity index (χ1n) is 6.66. The summed E-state index contributed by atoms with van der Waals surface area (Å²) in [4.78, 5) is 1.15. The van der Waals surface area contributed by atoms with E-state index in [1.807, 2.05) is 36.6 Å². The summed E-state index contributed by atoms with van der Waals surface area (Å²) in [5.41, 5.74) is 10.9. The molecule has 1 heterocycles. The molecule has 1 aromatic heterocycles. The van der Waals surface area contributed by atoms with Crippen LogP contribution in [0, 0.1) is 6.92 Å². The van der Waals surface area contributed by atoms with Crippen LogP contribution in [0.4, 0.5) is 5.88 Å². The minimum absolute atomic E-state index is 0.352. The Hall–Kier alpha value is -2.20. The number of aromatic nitrogens is 1. The maximum atomic E-state index is 6.00. The summed E-state index contributed by atoms with van der Waals surface area (Å²) in [6, 6.07) is 16.3. The zero-order valence-corrected chi connectivity index (χ0v) is 12.8. The van der Waals surface area contributed by atoms with Crippen molar-refractivity contribution < 1.29 is 4.52 Å². The van der Waals surface area contributed by atoms with Crippen LogP contribution >= 0.6 is 11.8 Å². The number of hydrogen-bond acceptors (Lipinski definition) is 4. The lowest BCUT2D eigenvalue weighted by molar-refractivity contribution is 0.439. The highest BCUT2D eigenvalue weighted by molar-refractivity contribution is 7.98. The Morgan fingerprint density at radius 3 is 2.48 bits per heavy atom. The van der Waals surface area contributed by atoms with Gasteiger partial charge in [0.1, 0.15) is 5.69 Å². The van der Waals surface area contributed by atoms with Crippen LogP contribution < -0.4 is 5.73 Å². The second-order valence-corrected chi connectivity index (χ2v) is 5.68. The number of aryl methyl sites for hydroxylation is 1. The number of rotatable bonds is 3. The van der Waals surface area contributed by atoms with E-state index >= 15 is 0 Å². The molecule has 0 spiro atoms. The van der Waals surface area contributed by atoms with Gasteiger partial charge in [-0.1, -0.05) is 53.2 Å². The van der Waals surface area contributed by atoms with Gasteiger partial charge < -0.3 is 10.3 Å². The molecule has 0 radical (unpaired) electrons. The van der Waals surface area contributed by atoms with Crippen LogP contribution in [-0.4, -0.2) is 11.4 Å². The number of hydrogen-bond donors (Lipinski definition) is 1. The smallest absolute Gasteiger partial charge is 0.230 e. The van der Waals surface area contributed by atoms with Gasteiger partial charge in [-0.15, -0.1) is 11.8 Å². The van der Waals surface area contributed by atoms with Crippen molar-refractivity contribution in [3.05, 3.63) is 54.1 Å². The Kier molecular flexibility index (Phi) is 3.71. The molecule has 0 saturated heterocycles. The maximum Gasteiger partial charge on any atom is 0.230 e. The Morgan fingerprint density at radius 2 is 1.76 bits per heavy atom. The van der Waals surface area contributed by atoms with Gasteiger partial charge in [-0.2, -0.15) is 0 Å². The summed E-state index contributed by atoms with van der Waals surface area (Å²) in [5, 5.41) is 4.18. The van der Waals surface area contributed by atoms with Crippen LogP contribution in [0.3, 0.4) is 0 Å². The summed E-state index contributed by atoms with van der Waals surface area (Å²) in [6.07, 6.45) is 2.05. The molecular weight excluding hydrogens is 280 g/mol. The molecule has 0 unspecified atom stereocenters. The Balaban J connectivity index is 2.19. The number of benzene rings is 2. The Bertz CT molecular complexity index is 763. The first kappa shape index (κ1) is 13.8. The van der Waals surface area contributed by atoms with Gasteiger partial charge in [0, 0.05) is 10.5 Å². The van der Waals surface area contributed by atoms with E-state index in [4.69, 9.17) is 10.3 Å². The molecular formula is C17H16N2OS. The van der Waals surface area contributed by atoms with Gasteiger partial charge in [-0.05, 0) is 24.8 Å². The van der Waals surface area contributed by atoms with Gasteiger partial charge in [-0.3, -0.25) is 0 Å². The fourth-order valence-electron chi connectivity index (χ4n) is 2.33. The van der Waals surface area contributed by atoms with Crippen LogP contribution in [0.1, 0.15) is 5.56 Å². The number of anilines is 1. The Morgan fingerprint density at radius 1 is 1.05 bits per heavy atom. The van der Waals surface area contributed by atoms with E-state index in [2.05, 4.69) is 30.3 Å². The molecule has 0 atom stereocenters. The van der Waals surface area contributed by atoms with Gasteiger partial charge >= 0.3 is 0 Å². The second-order valence-electron chi connectivity index (χ2n) is 4.84. The van der Waals surface area contributed by atoms with Crippen molar-refractivity contribution in [2.75, 3.05) is 12.0 Å². The number of nitrogens with zero attached hydrogens (tertiary/aromatic N) is 1. The largest absolute Gasteiger partial charge is 0.367 e. The molecule has 0 saturated carbocycles. The van der Waals surface area contributed by atoms with Crippen molar-refractivity contribution in [1.82, 2.24) is 5.16 Å². The fraction of sp³-hybridized carbons (Fsp3) is 0.118. The van der Waals surface area contributed by atoms with Gasteiger partial charge in [0.25, 0.3) is 0 Å². The van der Waals surface area contributed by atoms with Crippen LogP contribution in [0.15, 0.2) is 57.9 Å². The monoisotopic (exact) mass is 296 g/mol. The van der Waals surface area contributed by atoms with E-state index in [0.29, 0.717) is 5.88 Å². The molecule has 3 rings (SSSR count). The molecule has 0 aliphatic heterocycles. The summed E-state index contributed by atoms with van der Waals surface area (Å²) in [7, 11) is 0. The first-order valence-corrected chi connectivity index (χ1v) is 7.88. The van der Waals surface area contributed by atoms with Crippen molar-refractivity contribution in [3.63, 3.8) is 0 Å². The van der Waals surface area contributed by atoms with Crippen molar-refractivity contribution in [3.8, 4) is 22.4 Å². The third kappa shape index (κ3) is 2.54. The van der Waals surface area contributed by atoms with E-state index in [-0.39, 0.29) is 0 Å². The quantitative estimate of drug-likeness (QED) is 0.716. The van der Waals surface area contributed by atoms with E-state index in [1.54, 1.807) is 11.8 Å². The van der Waals surface area contributed by atoms with Crippen molar-refractivity contribution in [1.29, 1.82) is 0 Å². The lowest BCUT2D eigenvalue weighted by Crippen LogP contribution is -1.89. The zero-order valence-electron chi connectivity index (χ0n) is 12.0.